The van der Waals surface area contributed by atoms with Crippen LogP contribution in [0.1, 0.15) is 13.3 Å². The van der Waals surface area contributed by atoms with E-state index in [1.54, 1.807) is 12.1 Å². The van der Waals surface area contributed by atoms with Crippen LogP contribution in [0.2, 0.25) is 0 Å². The van der Waals surface area contributed by atoms with Crippen molar-refractivity contribution in [3.63, 3.8) is 0 Å². The summed E-state index contributed by atoms with van der Waals surface area (Å²) in [6.07, 6.45) is 1.68. The average molecular weight is 338 g/mol. The number of hydrogen-bond acceptors (Lipinski definition) is 3. The van der Waals surface area contributed by atoms with Gasteiger partial charge in [0.2, 0.25) is 0 Å². The van der Waals surface area contributed by atoms with Gasteiger partial charge in [-0.2, -0.15) is 13.5 Å². The van der Waals surface area contributed by atoms with Crippen LogP contribution in [0.15, 0.2) is 24.3 Å². The highest BCUT2D eigenvalue weighted by molar-refractivity contribution is 7.90. The van der Waals surface area contributed by atoms with Crippen molar-refractivity contribution >= 4 is 46.4 Å². The molecule has 0 heterocycles. The summed E-state index contributed by atoms with van der Waals surface area (Å²) in [4.78, 5) is 0. The van der Waals surface area contributed by atoms with Crippen LogP contribution in [-0.2, 0) is 9.84 Å². The fraction of sp³-hybridized carbons (Fsp3) is 0.417. The van der Waals surface area contributed by atoms with Gasteiger partial charge in [0.15, 0.2) is 5.11 Å². The van der Waals surface area contributed by atoms with Crippen molar-refractivity contribution in [3.05, 3.63) is 30.1 Å². The smallest absolute Gasteiger partial charge is 0.170 e. The molecular weight excluding hydrogens is 319 g/mol. The van der Waals surface area contributed by atoms with Crippen molar-refractivity contribution in [2.24, 2.45) is 0 Å². The Labute approximate surface area is 131 Å². The number of anilines is 1. The van der Waals surface area contributed by atoms with Crippen LogP contribution in [0, 0.1) is 5.82 Å². The fourth-order valence-electron chi connectivity index (χ4n) is 1.39. The van der Waals surface area contributed by atoms with Gasteiger partial charge in [-0.1, -0.05) is 0 Å². The first-order chi connectivity index (χ1) is 8.76. The van der Waals surface area contributed by atoms with Crippen molar-refractivity contribution in [1.82, 2.24) is 5.32 Å². The molecule has 114 valence electrons. The molecule has 4 nitrogen and oxygen atoms in total. The van der Waals surface area contributed by atoms with Crippen LogP contribution in [0.4, 0.5) is 10.1 Å². The van der Waals surface area contributed by atoms with E-state index < -0.39 is 9.84 Å². The molecule has 0 aliphatic rings. The van der Waals surface area contributed by atoms with Gasteiger partial charge in [0.25, 0.3) is 0 Å². The molecular formula is C12H19FN2O2S3. The lowest BCUT2D eigenvalue weighted by molar-refractivity contribution is 0.585. The van der Waals surface area contributed by atoms with Crippen molar-refractivity contribution in [2.75, 3.05) is 17.3 Å². The molecule has 1 atom stereocenters. The second kappa shape index (κ2) is 8.43. The van der Waals surface area contributed by atoms with Crippen LogP contribution >= 0.6 is 25.7 Å². The topological polar surface area (TPSA) is 58.2 Å². The van der Waals surface area contributed by atoms with E-state index in [1.807, 2.05) is 6.92 Å². The molecule has 0 aromatic heterocycles. The molecule has 0 radical (unpaired) electrons. The minimum Gasteiger partial charge on any atom is -0.360 e. The Hall–Kier alpha value is -0.860. The van der Waals surface area contributed by atoms with Gasteiger partial charge in [-0.05, 0) is 49.8 Å². The molecule has 2 N–H and O–H groups in total. The van der Waals surface area contributed by atoms with Crippen LogP contribution < -0.4 is 10.6 Å². The van der Waals surface area contributed by atoms with E-state index in [0.717, 1.165) is 0 Å². The van der Waals surface area contributed by atoms with Crippen molar-refractivity contribution in [1.29, 1.82) is 0 Å². The number of halogens is 1. The lowest BCUT2D eigenvalue weighted by Crippen LogP contribution is -2.36. The first kappa shape index (κ1) is 19.1. The van der Waals surface area contributed by atoms with Gasteiger partial charge in [0, 0.05) is 18.0 Å². The van der Waals surface area contributed by atoms with Gasteiger partial charge in [0.05, 0.1) is 5.75 Å². The number of thiocarbonyl (C=S) groups is 1. The molecule has 0 bridgehead atoms. The Kier molecular flexibility index (Phi) is 8.07. The molecule has 0 spiro atoms. The van der Waals surface area contributed by atoms with Crippen molar-refractivity contribution in [3.8, 4) is 0 Å². The van der Waals surface area contributed by atoms with Gasteiger partial charge in [-0.15, -0.1) is 0 Å². The van der Waals surface area contributed by atoms with Crippen molar-refractivity contribution < 1.29 is 12.8 Å². The molecule has 0 saturated carbocycles. The zero-order chi connectivity index (χ0) is 14.5. The van der Waals surface area contributed by atoms with E-state index in [2.05, 4.69) is 10.6 Å². The van der Waals surface area contributed by atoms with E-state index in [0.29, 0.717) is 17.2 Å². The predicted molar refractivity (Wildman–Crippen MR) is 89.9 cm³/mol. The lowest BCUT2D eigenvalue weighted by Gasteiger charge is -2.16. The largest absolute Gasteiger partial charge is 0.360 e. The monoisotopic (exact) mass is 338 g/mol. The summed E-state index contributed by atoms with van der Waals surface area (Å²) in [5, 5.41) is 6.26. The van der Waals surface area contributed by atoms with Gasteiger partial charge in [0.1, 0.15) is 15.7 Å². The SMILES string of the molecule is C[C@@H](CCS(C)(=O)=O)NC(=S)Nc1ccc(F)cc1.S. The molecule has 20 heavy (non-hydrogen) atoms. The highest BCUT2D eigenvalue weighted by Crippen LogP contribution is 2.08. The summed E-state index contributed by atoms with van der Waals surface area (Å²) >= 11 is 5.09. The molecule has 0 amide bonds. The third-order valence-electron chi connectivity index (χ3n) is 2.40. The number of nitrogens with one attached hydrogen (secondary N) is 2. The zero-order valence-electron chi connectivity index (χ0n) is 11.3. The summed E-state index contributed by atoms with van der Waals surface area (Å²) in [5.41, 5.74) is 0.675. The Balaban J connectivity index is 0.00000361. The van der Waals surface area contributed by atoms with Crippen LogP contribution in [0.3, 0.4) is 0 Å². The second-order valence-corrected chi connectivity index (χ2v) is 7.09. The van der Waals surface area contributed by atoms with E-state index in [4.69, 9.17) is 12.2 Å². The lowest BCUT2D eigenvalue weighted by atomic mass is 10.3. The maximum Gasteiger partial charge on any atom is 0.170 e. The van der Waals surface area contributed by atoms with Gasteiger partial charge in [-0.3, -0.25) is 0 Å². The molecule has 8 heteroatoms. The minimum atomic E-state index is -2.96. The molecule has 1 aromatic carbocycles. The van der Waals surface area contributed by atoms with Crippen molar-refractivity contribution in [2.45, 2.75) is 19.4 Å². The normalized spacial score (nSPS) is 12.2. The molecule has 0 aliphatic heterocycles. The van der Waals surface area contributed by atoms with E-state index >= 15 is 0 Å². The Morgan fingerprint density at radius 3 is 2.40 bits per heavy atom. The van der Waals surface area contributed by atoms with Crippen LogP contribution in [0.5, 0.6) is 0 Å². The first-order valence-electron chi connectivity index (χ1n) is 5.77. The third-order valence-corrected chi connectivity index (χ3v) is 3.60. The van der Waals surface area contributed by atoms with E-state index in [9.17, 15) is 12.8 Å². The molecule has 0 unspecified atom stereocenters. The molecule has 1 rings (SSSR count). The van der Waals surface area contributed by atoms with E-state index in [-0.39, 0.29) is 31.1 Å². The quantitative estimate of drug-likeness (QED) is 0.805. The number of rotatable bonds is 5. The Morgan fingerprint density at radius 1 is 1.35 bits per heavy atom. The molecule has 1 aromatic rings. The maximum atomic E-state index is 12.7. The van der Waals surface area contributed by atoms with Crippen LogP contribution in [0.25, 0.3) is 0 Å². The average Bonchev–Trinajstić information content (AvgIpc) is 2.29. The highest BCUT2D eigenvalue weighted by Gasteiger charge is 2.09. The maximum absolute atomic E-state index is 12.7. The third kappa shape index (κ3) is 8.34. The van der Waals surface area contributed by atoms with Gasteiger partial charge >= 0.3 is 0 Å². The summed E-state index contributed by atoms with van der Waals surface area (Å²) in [5.74, 6) is -0.203. The Morgan fingerprint density at radius 2 is 1.90 bits per heavy atom. The summed E-state index contributed by atoms with van der Waals surface area (Å²) in [6.45, 7) is 1.85. The molecule has 0 fully saturated rings. The summed E-state index contributed by atoms with van der Waals surface area (Å²) in [6, 6.07) is 5.75. The number of benzene rings is 1. The molecule has 0 saturated heterocycles. The standard InChI is InChI=1S/C12H17FN2O2S2.H2S/c1-9(7-8-19(2,16)17)14-12(18)15-11-5-3-10(13)4-6-11;/h3-6,9H,7-8H2,1-2H3,(H2,14,15,18);1H2/t9-;/m0./s1. The Bertz CT molecular complexity index is 532. The summed E-state index contributed by atoms with van der Waals surface area (Å²) < 4.78 is 34.8. The number of sulfone groups is 1. The predicted octanol–water partition coefficient (Wildman–Crippen LogP) is 2.05. The minimum absolute atomic E-state index is 0. The fourth-order valence-corrected chi connectivity index (χ4v) is 2.49. The van der Waals surface area contributed by atoms with Gasteiger partial charge < -0.3 is 10.6 Å². The summed E-state index contributed by atoms with van der Waals surface area (Å²) in [7, 11) is -2.96. The van der Waals surface area contributed by atoms with Crippen LogP contribution in [-0.4, -0.2) is 31.6 Å². The molecule has 0 aliphatic carbocycles. The highest BCUT2D eigenvalue weighted by atomic mass is 32.2. The van der Waals surface area contributed by atoms with E-state index in [1.165, 1.54) is 18.4 Å². The number of hydrogen-bond donors (Lipinski definition) is 2. The second-order valence-electron chi connectivity index (χ2n) is 4.42. The van der Waals surface area contributed by atoms with Gasteiger partial charge in [-0.25, -0.2) is 12.8 Å². The first-order valence-corrected chi connectivity index (χ1v) is 8.24. The zero-order valence-corrected chi connectivity index (χ0v) is 13.9.